The molecule has 0 aromatic rings. The molecule has 1 saturated heterocycles. The van der Waals surface area contributed by atoms with Crippen LogP contribution in [-0.2, 0) is 4.79 Å². The van der Waals surface area contributed by atoms with Crippen molar-refractivity contribution in [1.29, 1.82) is 0 Å². The van der Waals surface area contributed by atoms with Crippen LogP contribution in [-0.4, -0.2) is 18.9 Å². The molecule has 0 amide bonds. The first kappa shape index (κ1) is 8.72. The van der Waals surface area contributed by atoms with Crippen LogP contribution in [0.3, 0.4) is 0 Å². The lowest BCUT2D eigenvalue weighted by atomic mass is 9.82. The number of carbonyl (C=O) groups excluding carboxylic acids is 1. The molecule has 0 aromatic heterocycles. The molecule has 2 unspecified atom stereocenters. The summed E-state index contributed by atoms with van der Waals surface area (Å²) in [5.74, 6) is 1.29. The maximum atomic E-state index is 11.1. The van der Waals surface area contributed by atoms with Crippen molar-refractivity contribution in [2.24, 2.45) is 11.8 Å². The molecular weight excluding hydrogens is 138 g/mol. The summed E-state index contributed by atoms with van der Waals surface area (Å²) < 4.78 is 0. The molecular formula is C9H17NO. The summed E-state index contributed by atoms with van der Waals surface area (Å²) >= 11 is 0. The standard InChI is InChI=1S/C9H17NO/c1-3-8-6-10-5-4-9(8)7(2)11/h8-10H,3-6H2,1-2H3. The molecule has 1 fully saturated rings. The molecule has 0 spiro atoms. The second-order valence-electron chi connectivity index (χ2n) is 3.38. The Balaban J connectivity index is 2.51. The van der Waals surface area contributed by atoms with Gasteiger partial charge < -0.3 is 5.32 Å². The number of piperidine rings is 1. The highest BCUT2D eigenvalue weighted by atomic mass is 16.1. The SMILES string of the molecule is CCC1CNCCC1C(C)=O. The lowest BCUT2D eigenvalue weighted by molar-refractivity contribution is -0.123. The summed E-state index contributed by atoms with van der Waals surface area (Å²) in [6, 6.07) is 0. The van der Waals surface area contributed by atoms with Crippen molar-refractivity contribution in [3.63, 3.8) is 0 Å². The zero-order valence-electron chi connectivity index (χ0n) is 7.39. The Bertz CT molecular complexity index is 144. The number of rotatable bonds is 2. The molecule has 1 aliphatic rings. The van der Waals surface area contributed by atoms with Crippen LogP contribution >= 0.6 is 0 Å². The Labute approximate surface area is 68.4 Å². The van der Waals surface area contributed by atoms with Gasteiger partial charge in [-0.05, 0) is 32.4 Å². The van der Waals surface area contributed by atoms with E-state index >= 15 is 0 Å². The third-order valence-corrected chi connectivity index (χ3v) is 2.65. The van der Waals surface area contributed by atoms with Crippen LogP contribution in [0.5, 0.6) is 0 Å². The molecule has 1 aliphatic heterocycles. The van der Waals surface area contributed by atoms with Crippen LogP contribution in [0.4, 0.5) is 0 Å². The minimum atomic E-state index is 0.334. The lowest BCUT2D eigenvalue weighted by Gasteiger charge is -2.29. The second-order valence-corrected chi connectivity index (χ2v) is 3.38. The van der Waals surface area contributed by atoms with Crippen molar-refractivity contribution in [1.82, 2.24) is 5.32 Å². The van der Waals surface area contributed by atoms with E-state index in [2.05, 4.69) is 12.2 Å². The van der Waals surface area contributed by atoms with E-state index in [0.717, 1.165) is 25.9 Å². The van der Waals surface area contributed by atoms with Gasteiger partial charge >= 0.3 is 0 Å². The third-order valence-electron chi connectivity index (χ3n) is 2.65. The van der Waals surface area contributed by atoms with E-state index in [1.165, 1.54) is 0 Å². The van der Waals surface area contributed by atoms with Crippen LogP contribution < -0.4 is 5.32 Å². The van der Waals surface area contributed by atoms with Crippen LogP contribution in [0, 0.1) is 11.8 Å². The number of hydrogen-bond donors (Lipinski definition) is 1. The van der Waals surface area contributed by atoms with Crippen molar-refractivity contribution >= 4 is 5.78 Å². The predicted molar refractivity (Wildman–Crippen MR) is 45.4 cm³/mol. The van der Waals surface area contributed by atoms with Gasteiger partial charge in [0.25, 0.3) is 0 Å². The molecule has 2 atom stereocenters. The Hall–Kier alpha value is -0.370. The van der Waals surface area contributed by atoms with Gasteiger partial charge in [0.2, 0.25) is 0 Å². The van der Waals surface area contributed by atoms with Crippen molar-refractivity contribution in [3.05, 3.63) is 0 Å². The summed E-state index contributed by atoms with van der Waals surface area (Å²) in [4.78, 5) is 11.1. The van der Waals surface area contributed by atoms with E-state index in [4.69, 9.17) is 0 Å². The van der Waals surface area contributed by atoms with Crippen molar-refractivity contribution in [2.75, 3.05) is 13.1 Å². The Morgan fingerprint density at radius 2 is 2.36 bits per heavy atom. The van der Waals surface area contributed by atoms with Crippen LogP contribution in [0.2, 0.25) is 0 Å². The van der Waals surface area contributed by atoms with Gasteiger partial charge in [-0.1, -0.05) is 13.3 Å². The summed E-state index contributed by atoms with van der Waals surface area (Å²) in [5, 5.41) is 3.32. The number of Topliss-reactive ketones (excluding diaryl/α,β-unsaturated/α-hetero) is 1. The topological polar surface area (TPSA) is 29.1 Å². The van der Waals surface area contributed by atoms with Gasteiger partial charge in [-0.15, -0.1) is 0 Å². The maximum Gasteiger partial charge on any atom is 0.133 e. The van der Waals surface area contributed by atoms with E-state index in [9.17, 15) is 4.79 Å². The van der Waals surface area contributed by atoms with Crippen LogP contribution in [0.1, 0.15) is 26.7 Å². The largest absolute Gasteiger partial charge is 0.316 e. The molecule has 11 heavy (non-hydrogen) atoms. The van der Waals surface area contributed by atoms with Gasteiger partial charge in [0.1, 0.15) is 5.78 Å². The molecule has 0 aliphatic carbocycles. The van der Waals surface area contributed by atoms with Gasteiger partial charge in [0, 0.05) is 5.92 Å². The highest BCUT2D eigenvalue weighted by Crippen LogP contribution is 2.22. The smallest absolute Gasteiger partial charge is 0.133 e. The fourth-order valence-electron chi connectivity index (χ4n) is 1.89. The van der Waals surface area contributed by atoms with Crippen LogP contribution in [0.25, 0.3) is 0 Å². The highest BCUT2D eigenvalue weighted by Gasteiger charge is 2.26. The molecule has 0 aromatic carbocycles. The fourth-order valence-corrected chi connectivity index (χ4v) is 1.89. The molecule has 1 N–H and O–H groups in total. The summed E-state index contributed by atoms with van der Waals surface area (Å²) in [6.45, 7) is 5.92. The number of carbonyl (C=O) groups is 1. The van der Waals surface area contributed by atoms with E-state index in [-0.39, 0.29) is 0 Å². The van der Waals surface area contributed by atoms with Crippen molar-refractivity contribution < 1.29 is 4.79 Å². The average molecular weight is 155 g/mol. The molecule has 2 heteroatoms. The summed E-state index contributed by atoms with van der Waals surface area (Å²) in [5.41, 5.74) is 0. The average Bonchev–Trinajstić information content (AvgIpc) is 2.04. The predicted octanol–water partition coefficient (Wildman–Crippen LogP) is 1.21. The number of hydrogen-bond acceptors (Lipinski definition) is 2. The fraction of sp³-hybridized carbons (Fsp3) is 0.889. The zero-order chi connectivity index (χ0) is 8.27. The molecule has 1 heterocycles. The Morgan fingerprint density at radius 1 is 1.64 bits per heavy atom. The minimum Gasteiger partial charge on any atom is -0.316 e. The van der Waals surface area contributed by atoms with Crippen molar-refractivity contribution in [2.45, 2.75) is 26.7 Å². The molecule has 1 rings (SSSR count). The minimum absolute atomic E-state index is 0.334. The Kier molecular flexibility index (Phi) is 3.06. The van der Waals surface area contributed by atoms with Gasteiger partial charge in [-0.3, -0.25) is 4.79 Å². The van der Waals surface area contributed by atoms with Gasteiger partial charge in [-0.25, -0.2) is 0 Å². The first-order valence-electron chi connectivity index (χ1n) is 4.47. The molecule has 0 saturated carbocycles. The summed E-state index contributed by atoms with van der Waals surface area (Å²) in [7, 11) is 0. The lowest BCUT2D eigenvalue weighted by Crippen LogP contribution is -2.39. The van der Waals surface area contributed by atoms with Crippen LogP contribution in [0.15, 0.2) is 0 Å². The van der Waals surface area contributed by atoms with E-state index < -0.39 is 0 Å². The van der Waals surface area contributed by atoms with Gasteiger partial charge in [-0.2, -0.15) is 0 Å². The molecule has 0 bridgehead atoms. The van der Waals surface area contributed by atoms with Gasteiger partial charge in [0.05, 0.1) is 0 Å². The quantitative estimate of drug-likeness (QED) is 0.649. The second kappa shape index (κ2) is 3.86. The molecule has 2 nitrogen and oxygen atoms in total. The number of nitrogens with one attached hydrogen (secondary N) is 1. The first-order chi connectivity index (χ1) is 5.25. The maximum absolute atomic E-state index is 11.1. The van der Waals surface area contributed by atoms with Gasteiger partial charge in [0.15, 0.2) is 0 Å². The first-order valence-corrected chi connectivity index (χ1v) is 4.47. The molecule has 64 valence electrons. The monoisotopic (exact) mass is 155 g/mol. The van der Waals surface area contributed by atoms with E-state index in [0.29, 0.717) is 17.6 Å². The Morgan fingerprint density at radius 3 is 2.82 bits per heavy atom. The van der Waals surface area contributed by atoms with Crippen molar-refractivity contribution in [3.8, 4) is 0 Å². The highest BCUT2D eigenvalue weighted by molar-refractivity contribution is 5.78. The summed E-state index contributed by atoms with van der Waals surface area (Å²) in [6.07, 6.45) is 2.16. The normalized spacial score (nSPS) is 31.8. The third kappa shape index (κ3) is 2.03. The van der Waals surface area contributed by atoms with E-state index in [1.54, 1.807) is 6.92 Å². The number of ketones is 1. The van der Waals surface area contributed by atoms with E-state index in [1.807, 2.05) is 0 Å². The zero-order valence-corrected chi connectivity index (χ0v) is 7.39. The molecule has 0 radical (unpaired) electrons.